The fraction of sp³-hybridized carbons (Fsp3) is 0.526. The summed E-state index contributed by atoms with van der Waals surface area (Å²) in [6, 6.07) is 6.74. The van der Waals surface area contributed by atoms with E-state index in [1.165, 1.54) is 17.7 Å². The van der Waals surface area contributed by atoms with Gasteiger partial charge < -0.3 is 5.73 Å². The molecule has 0 amide bonds. The lowest BCUT2D eigenvalue weighted by atomic mass is 9.79. The molecule has 0 aliphatic carbocycles. The Morgan fingerprint density at radius 2 is 1.92 bits per heavy atom. The SMILES string of the molecule is Cc1nn(-c2ccc(F)cc2)c(C)c1CN1CCC(N)C(C)(C)C1. The van der Waals surface area contributed by atoms with Crippen LogP contribution in [0.4, 0.5) is 4.39 Å². The second-order valence-corrected chi connectivity index (χ2v) is 7.63. The molecular weight excluding hydrogens is 303 g/mol. The molecule has 0 radical (unpaired) electrons. The van der Waals surface area contributed by atoms with Gasteiger partial charge in [0, 0.05) is 36.9 Å². The van der Waals surface area contributed by atoms with E-state index in [1.807, 2.05) is 11.6 Å². The van der Waals surface area contributed by atoms with Gasteiger partial charge in [-0.1, -0.05) is 13.8 Å². The molecule has 1 atom stereocenters. The Morgan fingerprint density at radius 3 is 2.54 bits per heavy atom. The second-order valence-electron chi connectivity index (χ2n) is 7.63. The van der Waals surface area contributed by atoms with Gasteiger partial charge in [0.2, 0.25) is 0 Å². The maximum atomic E-state index is 13.2. The average Bonchev–Trinajstić information content (AvgIpc) is 2.79. The summed E-state index contributed by atoms with van der Waals surface area (Å²) in [6.07, 6.45) is 1.02. The van der Waals surface area contributed by atoms with Crippen LogP contribution >= 0.6 is 0 Å². The molecule has 24 heavy (non-hydrogen) atoms. The lowest BCUT2D eigenvalue weighted by Gasteiger charge is -2.42. The van der Waals surface area contributed by atoms with Crippen LogP contribution in [0, 0.1) is 25.1 Å². The van der Waals surface area contributed by atoms with Crippen LogP contribution in [0.15, 0.2) is 24.3 Å². The van der Waals surface area contributed by atoms with E-state index in [-0.39, 0.29) is 17.3 Å². The molecule has 1 aliphatic heterocycles. The van der Waals surface area contributed by atoms with Crippen molar-refractivity contribution in [3.05, 3.63) is 47.0 Å². The van der Waals surface area contributed by atoms with Crippen molar-refractivity contribution >= 4 is 0 Å². The van der Waals surface area contributed by atoms with Crippen molar-refractivity contribution in [1.82, 2.24) is 14.7 Å². The van der Waals surface area contributed by atoms with Gasteiger partial charge in [0.1, 0.15) is 5.82 Å². The fourth-order valence-corrected chi connectivity index (χ4v) is 3.58. The maximum absolute atomic E-state index is 13.2. The lowest BCUT2D eigenvalue weighted by Crippen LogP contribution is -2.52. The van der Waals surface area contributed by atoms with Gasteiger partial charge in [-0.3, -0.25) is 4.90 Å². The van der Waals surface area contributed by atoms with Crippen LogP contribution in [0.5, 0.6) is 0 Å². The van der Waals surface area contributed by atoms with E-state index in [2.05, 4.69) is 30.8 Å². The molecule has 1 saturated heterocycles. The normalized spacial score (nSPS) is 21.2. The quantitative estimate of drug-likeness (QED) is 0.940. The van der Waals surface area contributed by atoms with E-state index >= 15 is 0 Å². The first-order valence-corrected chi connectivity index (χ1v) is 8.57. The number of halogens is 1. The minimum atomic E-state index is -0.229. The Bertz CT molecular complexity index is 718. The zero-order valence-corrected chi connectivity index (χ0v) is 15.0. The zero-order chi connectivity index (χ0) is 17.5. The Morgan fingerprint density at radius 1 is 1.25 bits per heavy atom. The number of likely N-dealkylation sites (tertiary alicyclic amines) is 1. The highest BCUT2D eigenvalue weighted by molar-refractivity contribution is 5.37. The molecular formula is C19H27FN4. The molecule has 3 rings (SSSR count). The zero-order valence-electron chi connectivity index (χ0n) is 15.0. The number of aryl methyl sites for hydroxylation is 1. The summed E-state index contributed by atoms with van der Waals surface area (Å²) >= 11 is 0. The van der Waals surface area contributed by atoms with Crippen LogP contribution in [0.1, 0.15) is 37.2 Å². The number of piperidine rings is 1. The Labute approximate surface area is 143 Å². The van der Waals surface area contributed by atoms with E-state index in [4.69, 9.17) is 5.73 Å². The summed E-state index contributed by atoms with van der Waals surface area (Å²) in [7, 11) is 0. The topological polar surface area (TPSA) is 47.1 Å². The first-order chi connectivity index (χ1) is 11.3. The molecule has 1 aromatic carbocycles. The molecule has 2 aromatic rings. The number of nitrogens with zero attached hydrogens (tertiary/aromatic N) is 3. The number of hydrogen-bond acceptors (Lipinski definition) is 3. The summed E-state index contributed by atoms with van der Waals surface area (Å²) in [4.78, 5) is 2.47. The van der Waals surface area contributed by atoms with Crippen molar-refractivity contribution in [2.45, 2.75) is 46.7 Å². The van der Waals surface area contributed by atoms with Crippen molar-refractivity contribution in [1.29, 1.82) is 0 Å². The van der Waals surface area contributed by atoms with Crippen molar-refractivity contribution in [2.75, 3.05) is 13.1 Å². The molecule has 0 bridgehead atoms. The van der Waals surface area contributed by atoms with Crippen LogP contribution in [0.25, 0.3) is 5.69 Å². The van der Waals surface area contributed by atoms with Crippen LogP contribution in [-0.2, 0) is 6.54 Å². The van der Waals surface area contributed by atoms with Gasteiger partial charge in [-0.05, 0) is 49.9 Å². The van der Waals surface area contributed by atoms with Gasteiger partial charge in [0.05, 0.1) is 11.4 Å². The fourth-order valence-electron chi connectivity index (χ4n) is 3.58. The monoisotopic (exact) mass is 330 g/mol. The van der Waals surface area contributed by atoms with Crippen LogP contribution in [0.2, 0.25) is 0 Å². The molecule has 2 N–H and O–H groups in total. The lowest BCUT2D eigenvalue weighted by molar-refractivity contribution is 0.0896. The third-order valence-electron chi connectivity index (χ3n) is 5.29. The van der Waals surface area contributed by atoms with E-state index in [0.717, 1.165) is 43.1 Å². The molecule has 5 heteroatoms. The molecule has 1 unspecified atom stereocenters. The largest absolute Gasteiger partial charge is 0.327 e. The second kappa shape index (κ2) is 6.30. The minimum Gasteiger partial charge on any atom is -0.327 e. The number of benzene rings is 1. The number of nitrogens with two attached hydrogens (primary N) is 1. The minimum absolute atomic E-state index is 0.132. The summed E-state index contributed by atoms with van der Waals surface area (Å²) < 4.78 is 15.1. The van der Waals surface area contributed by atoms with Crippen molar-refractivity contribution in [2.24, 2.45) is 11.1 Å². The van der Waals surface area contributed by atoms with Gasteiger partial charge in [0.25, 0.3) is 0 Å². The molecule has 1 aliphatic rings. The van der Waals surface area contributed by atoms with Gasteiger partial charge in [-0.2, -0.15) is 5.10 Å². The Balaban J connectivity index is 1.83. The smallest absolute Gasteiger partial charge is 0.123 e. The molecule has 2 heterocycles. The standard InChI is InChI=1S/C19H27FN4/c1-13-17(11-23-10-9-18(21)19(3,4)12-23)14(2)24(22-13)16-7-5-15(20)6-8-16/h5-8,18H,9-12,21H2,1-4H3. The number of rotatable bonds is 3. The number of aromatic nitrogens is 2. The van der Waals surface area contributed by atoms with Gasteiger partial charge in [0.15, 0.2) is 0 Å². The van der Waals surface area contributed by atoms with Crippen molar-refractivity contribution in [3.63, 3.8) is 0 Å². The molecule has 0 saturated carbocycles. The van der Waals surface area contributed by atoms with Gasteiger partial charge >= 0.3 is 0 Å². The first kappa shape index (κ1) is 17.1. The predicted molar refractivity (Wildman–Crippen MR) is 94.6 cm³/mol. The summed E-state index contributed by atoms with van der Waals surface area (Å²) in [5.74, 6) is -0.229. The van der Waals surface area contributed by atoms with E-state index in [0.29, 0.717) is 0 Å². The first-order valence-electron chi connectivity index (χ1n) is 8.57. The third kappa shape index (κ3) is 3.23. The van der Waals surface area contributed by atoms with Crippen LogP contribution < -0.4 is 5.73 Å². The van der Waals surface area contributed by atoms with Crippen LogP contribution in [0.3, 0.4) is 0 Å². The third-order valence-corrected chi connectivity index (χ3v) is 5.29. The highest BCUT2D eigenvalue weighted by Gasteiger charge is 2.33. The summed E-state index contributed by atoms with van der Waals surface area (Å²) in [5, 5.41) is 4.67. The molecule has 1 aromatic heterocycles. The van der Waals surface area contributed by atoms with Crippen LogP contribution in [-0.4, -0.2) is 33.8 Å². The highest BCUT2D eigenvalue weighted by Crippen LogP contribution is 2.29. The molecule has 0 spiro atoms. The summed E-state index contributed by atoms with van der Waals surface area (Å²) in [6.45, 7) is 11.5. The average molecular weight is 330 g/mol. The Hall–Kier alpha value is -1.72. The van der Waals surface area contributed by atoms with Crippen molar-refractivity contribution < 1.29 is 4.39 Å². The van der Waals surface area contributed by atoms with E-state index < -0.39 is 0 Å². The highest BCUT2D eigenvalue weighted by atomic mass is 19.1. The molecule has 130 valence electrons. The van der Waals surface area contributed by atoms with E-state index in [1.54, 1.807) is 12.1 Å². The summed E-state index contributed by atoms with van der Waals surface area (Å²) in [5.41, 5.74) is 10.7. The maximum Gasteiger partial charge on any atom is 0.123 e. The number of hydrogen-bond donors (Lipinski definition) is 1. The van der Waals surface area contributed by atoms with Gasteiger partial charge in [-0.15, -0.1) is 0 Å². The predicted octanol–water partition coefficient (Wildman–Crippen LogP) is 3.19. The molecule has 4 nitrogen and oxygen atoms in total. The Kier molecular flexibility index (Phi) is 4.49. The van der Waals surface area contributed by atoms with Gasteiger partial charge in [-0.25, -0.2) is 9.07 Å². The van der Waals surface area contributed by atoms with Crippen molar-refractivity contribution in [3.8, 4) is 5.69 Å². The van der Waals surface area contributed by atoms with E-state index in [9.17, 15) is 4.39 Å². The molecule has 1 fully saturated rings.